The van der Waals surface area contributed by atoms with Crippen LogP contribution in [0.1, 0.15) is 41.0 Å². The molecule has 2 nitrogen and oxygen atoms in total. The van der Waals surface area contributed by atoms with Crippen LogP contribution in [0.15, 0.2) is 0 Å². The standard InChI is InChI=1S/C13H30N2S/c1-8-12(10-16-7)15(6)11(2)9-14-13(3,4)5/h11-12,14H,8-10H2,1-7H3. The zero-order valence-electron chi connectivity index (χ0n) is 12.1. The van der Waals surface area contributed by atoms with Gasteiger partial charge in [0.1, 0.15) is 0 Å². The Balaban J connectivity index is 4.09. The summed E-state index contributed by atoms with van der Waals surface area (Å²) in [6.07, 6.45) is 3.42. The molecule has 0 radical (unpaired) electrons. The van der Waals surface area contributed by atoms with Crippen LogP contribution in [0.5, 0.6) is 0 Å². The van der Waals surface area contributed by atoms with E-state index in [2.05, 4.69) is 58.1 Å². The molecule has 2 atom stereocenters. The highest BCUT2D eigenvalue weighted by atomic mass is 32.2. The molecule has 0 heterocycles. The van der Waals surface area contributed by atoms with Crippen LogP contribution in [0.2, 0.25) is 0 Å². The molecule has 16 heavy (non-hydrogen) atoms. The molecule has 0 amide bonds. The van der Waals surface area contributed by atoms with Gasteiger partial charge in [0.05, 0.1) is 0 Å². The van der Waals surface area contributed by atoms with Crippen molar-refractivity contribution >= 4 is 11.8 Å². The van der Waals surface area contributed by atoms with Crippen molar-refractivity contribution in [3.05, 3.63) is 0 Å². The molecule has 0 saturated carbocycles. The van der Waals surface area contributed by atoms with Gasteiger partial charge in [0, 0.05) is 29.9 Å². The van der Waals surface area contributed by atoms with E-state index in [0.29, 0.717) is 12.1 Å². The van der Waals surface area contributed by atoms with E-state index < -0.39 is 0 Å². The van der Waals surface area contributed by atoms with E-state index >= 15 is 0 Å². The lowest BCUT2D eigenvalue weighted by molar-refractivity contribution is 0.182. The van der Waals surface area contributed by atoms with E-state index in [9.17, 15) is 0 Å². The summed E-state index contributed by atoms with van der Waals surface area (Å²) in [6.45, 7) is 12.3. The molecule has 98 valence electrons. The first kappa shape index (κ1) is 16.3. The molecule has 0 aromatic heterocycles. The van der Waals surface area contributed by atoms with Crippen molar-refractivity contribution in [2.24, 2.45) is 0 Å². The van der Waals surface area contributed by atoms with Crippen molar-refractivity contribution in [2.75, 3.05) is 25.6 Å². The highest BCUT2D eigenvalue weighted by molar-refractivity contribution is 7.98. The zero-order chi connectivity index (χ0) is 12.8. The number of nitrogens with zero attached hydrogens (tertiary/aromatic N) is 1. The second-order valence-corrected chi connectivity index (χ2v) is 6.57. The molecule has 0 aromatic carbocycles. The third-order valence-corrected chi connectivity index (χ3v) is 3.75. The van der Waals surface area contributed by atoms with Crippen LogP contribution in [0.25, 0.3) is 0 Å². The van der Waals surface area contributed by atoms with E-state index in [1.165, 1.54) is 12.2 Å². The van der Waals surface area contributed by atoms with Crippen LogP contribution in [-0.4, -0.2) is 48.1 Å². The average Bonchev–Trinajstić information content (AvgIpc) is 2.20. The predicted octanol–water partition coefficient (Wildman–Crippen LogP) is 2.84. The largest absolute Gasteiger partial charge is 0.311 e. The summed E-state index contributed by atoms with van der Waals surface area (Å²) in [5.41, 5.74) is 0.219. The van der Waals surface area contributed by atoms with Gasteiger partial charge in [-0.1, -0.05) is 6.92 Å². The fourth-order valence-corrected chi connectivity index (χ4v) is 2.53. The summed E-state index contributed by atoms with van der Waals surface area (Å²) >= 11 is 1.94. The molecular weight excluding hydrogens is 216 g/mol. The SMILES string of the molecule is CCC(CSC)N(C)C(C)CNC(C)(C)C. The Kier molecular flexibility index (Phi) is 7.70. The molecule has 0 aliphatic carbocycles. The van der Waals surface area contributed by atoms with Gasteiger partial charge >= 0.3 is 0 Å². The minimum Gasteiger partial charge on any atom is -0.311 e. The molecule has 0 bridgehead atoms. The summed E-state index contributed by atoms with van der Waals surface area (Å²) < 4.78 is 0. The average molecular weight is 246 g/mol. The maximum absolute atomic E-state index is 3.58. The fourth-order valence-electron chi connectivity index (χ4n) is 1.67. The Hall–Kier alpha value is 0.270. The molecular formula is C13H30N2S. The van der Waals surface area contributed by atoms with Crippen LogP contribution in [0, 0.1) is 0 Å². The number of thioether (sulfide) groups is 1. The summed E-state index contributed by atoms with van der Waals surface area (Å²) in [5.74, 6) is 1.23. The van der Waals surface area contributed by atoms with Gasteiger partial charge in [0.2, 0.25) is 0 Å². The molecule has 0 spiro atoms. The van der Waals surface area contributed by atoms with Gasteiger partial charge in [-0.05, 0) is 47.4 Å². The van der Waals surface area contributed by atoms with Crippen LogP contribution in [0.3, 0.4) is 0 Å². The highest BCUT2D eigenvalue weighted by Crippen LogP contribution is 2.11. The molecule has 3 heteroatoms. The van der Waals surface area contributed by atoms with Crippen molar-refractivity contribution in [3.8, 4) is 0 Å². The van der Waals surface area contributed by atoms with Crippen molar-refractivity contribution in [1.29, 1.82) is 0 Å². The minimum atomic E-state index is 0.219. The minimum absolute atomic E-state index is 0.219. The Morgan fingerprint density at radius 1 is 1.31 bits per heavy atom. The summed E-state index contributed by atoms with van der Waals surface area (Å²) in [7, 11) is 2.25. The highest BCUT2D eigenvalue weighted by Gasteiger charge is 2.19. The van der Waals surface area contributed by atoms with E-state index in [1.807, 2.05) is 11.8 Å². The Labute approximate surface area is 107 Å². The Morgan fingerprint density at radius 3 is 2.25 bits per heavy atom. The maximum atomic E-state index is 3.58. The quantitative estimate of drug-likeness (QED) is 0.743. The van der Waals surface area contributed by atoms with Crippen molar-refractivity contribution in [3.63, 3.8) is 0 Å². The molecule has 0 rings (SSSR count). The third-order valence-electron chi connectivity index (χ3n) is 3.03. The van der Waals surface area contributed by atoms with Crippen LogP contribution in [0.4, 0.5) is 0 Å². The summed E-state index contributed by atoms with van der Waals surface area (Å²) in [4.78, 5) is 2.51. The normalized spacial score (nSPS) is 16.5. The Morgan fingerprint density at radius 2 is 1.88 bits per heavy atom. The smallest absolute Gasteiger partial charge is 0.0192 e. The molecule has 1 N–H and O–H groups in total. The maximum Gasteiger partial charge on any atom is 0.0192 e. The zero-order valence-corrected chi connectivity index (χ0v) is 12.9. The van der Waals surface area contributed by atoms with Gasteiger partial charge in [0.15, 0.2) is 0 Å². The number of hydrogen-bond donors (Lipinski definition) is 1. The Bertz CT molecular complexity index is 177. The first-order valence-electron chi connectivity index (χ1n) is 6.27. The first-order chi connectivity index (χ1) is 7.31. The monoisotopic (exact) mass is 246 g/mol. The molecule has 0 saturated heterocycles. The molecule has 0 aliphatic rings. The molecule has 2 unspecified atom stereocenters. The summed E-state index contributed by atoms with van der Waals surface area (Å²) in [6, 6.07) is 1.29. The van der Waals surface area contributed by atoms with Crippen molar-refractivity contribution in [1.82, 2.24) is 10.2 Å². The van der Waals surface area contributed by atoms with E-state index in [1.54, 1.807) is 0 Å². The number of likely N-dealkylation sites (N-methyl/N-ethyl adjacent to an activating group) is 1. The van der Waals surface area contributed by atoms with E-state index in [4.69, 9.17) is 0 Å². The van der Waals surface area contributed by atoms with Gasteiger partial charge in [-0.2, -0.15) is 11.8 Å². The van der Waals surface area contributed by atoms with Crippen molar-refractivity contribution in [2.45, 2.75) is 58.7 Å². The number of hydrogen-bond acceptors (Lipinski definition) is 3. The lowest BCUT2D eigenvalue weighted by Gasteiger charge is -2.34. The lowest BCUT2D eigenvalue weighted by Crippen LogP contribution is -2.48. The third kappa shape index (κ3) is 6.77. The van der Waals surface area contributed by atoms with Gasteiger partial charge in [-0.25, -0.2) is 0 Å². The van der Waals surface area contributed by atoms with Gasteiger partial charge in [-0.15, -0.1) is 0 Å². The fraction of sp³-hybridized carbons (Fsp3) is 1.00. The second-order valence-electron chi connectivity index (χ2n) is 5.66. The van der Waals surface area contributed by atoms with Gasteiger partial charge < -0.3 is 5.32 Å². The summed E-state index contributed by atoms with van der Waals surface area (Å²) in [5, 5.41) is 3.58. The van der Waals surface area contributed by atoms with Crippen LogP contribution in [-0.2, 0) is 0 Å². The van der Waals surface area contributed by atoms with Crippen molar-refractivity contribution < 1.29 is 0 Å². The number of nitrogens with one attached hydrogen (secondary N) is 1. The topological polar surface area (TPSA) is 15.3 Å². The van der Waals surface area contributed by atoms with Gasteiger partial charge in [0.25, 0.3) is 0 Å². The van der Waals surface area contributed by atoms with E-state index in [-0.39, 0.29) is 5.54 Å². The van der Waals surface area contributed by atoms with Crippen LogP contribution >= 0.6 is 11.8 Å². The predicted molar refractivity (Wildman–Crippen MR) is 77.4 cm³/mol. The van der Waals surface area contributed by atoms with Crippen LogP contribution < -0.4 is 5.32 Å². The molecule has 0 aromatic rings. The molecule has 0 fully saturated rings. The number of rotatable bonds is 7. The van der Waals surface area contributed by atoms with E-state index in [0.717, 1.165) is 6.54 Å². The first-order valence-corrected chi connectivity index (χ1v) is 7.67. The lowest BCUT2D eigenvalue weighted by atomic mass is 10.1. The van der Waals surface area contributed by atoms with Gasteiger partial charge in [-0.3, -0.25) is 4.90 Å². The molecule has 0 aliphatic heterocycles. The second kappa shape index (κ2) is 7.57.